The Morgan fingerprint density at radius 1 is 0.842 bits per heavy atom. The molecule has 0 fully saturated rings. The lowest BCUT2D eigenvalue weighted by Crippen LogP contribution is -2.09. The van der Waals surface area contributed by atoms with E-state index < -0.39 is 0 Å². The van der Waals surface area contributed by atoms with Gasteiger partial charge in [-0.05, 0) is 35.4 Å². The van der Waals surface area contributed by atoms with Crippen LogP contribution in [-0.4, -0.2) is 0 Å². The molecule has 19 heavy (non-hydrogen) atoms. The molecule has 0 aliphatic heterocycles. The predicted molar refractivity (Wildman–Crippen MR) is 86.5 cm³/mol. The Bertz CT molecular complexity index is 512. The molecule has 0 spiro atoms. The zero-order valence-corrected chi connectivity index (χ0v) is 11.8. The normalized spacial score (nSPS) is 10.9. The van der Waals surface area contributed by atoms with E-state index in [-0.39, 0.29) is 7.43 Å². The zero-order valence-electron chi connectivity index (χ0n) is 11.8. The van der Waals surface area contributed by atoms with E-state index in [2.05, 4.69) is 76.2 Å². The lowest BCUT2D eigenvalue weighted by molar-refractivity contribution is 0.412. The Balaban J connectivity index is 0.00000180. The van der Waals surface area contributed by atoms with E-state index in [1.54, 1.807) is 0 Å². The second-order valence-electron chi connectivity index (χ2n) is 6.26. The van der Waals surface area contributed by atoms with Crippen LogP contribution >= 0.6 is 0 Å². The first kappa shape index (κ1) is 15.5. The molecule has 2 rings (SSSR count). The van der Waals surface area contributed by atoms with Crippen LogP contribution < -0.4 is 0 Å². The van der Waals surface area contributed by atoms with Crippen molar-refractivity contribution in [2.24, 2.45) is 5.41 Å². The maximum absolute atomic E-state index is 2.29. The van der Waals surface area contributed by atoms with Crippen LogP contribution in [-0.2, 0) is 6.42 Å². The number of hydrogen-bond donors (Lipinski definition) is 0. The minimum absolute atomic E-state index is 0. The molecule has 0 aliphatic carbocycles. The van der Waals surface area contributed by atoms with Gasteiger partial charge in [0.1, 0.15) is 0 Å². The topological polar surface area (TPSA) is 0 Å². The molecule has 0 aromatic heterocycles. The Morgan fingerprint density at radius 3 is 2.00 bits per heavy atom. The Morgan fingerprint density at radius 2 is 1.42 bits per heavy atom. The second kappa shape index (κ2) is 6.06. The molecule has 0 nitrogen and oxygen atoms in total. The van der Waals surface area contributed by atoms with Gasteiger partial charge in [-0.15, -0.1) is 0 Å². The lowest BCUT2D eigenvalue weighted by Gasteiger charge is -2.20. The highest BCUT2D eigenvalue weighted by Crippen LogP contribution is 2.29. The average molecular weight is 254 g/mol. The Hall–Kier alpha value is -1.56. The van der Waals surface area contributed by atoms with Gasteiger partial charge < -0.3 is 0 Å². The van der Waals surface area contributed by atoms with Crippen LogP contribution in [0.2, 0.25) is 0 Å². The van der Waals surface area contributed by atoms with Gasteiger partial charge in [-0.3, -0.25) is 0 Å². The summed E-state index contributed by atoms with van der Waals surface area (Å²) >= 11 is 0. The van der Waals surface area contributed by atoms with Gasteiger partial charge in [0, 0.05) is 0 Å². The molecule has 0 heterocycles. The molecule has 0 bridgehead atoms. The molecule has 2 aromatic carbocycles. The van der Waals surface area contributed by atoms with Crippen LogP contribution in [0.25, 0.3) is 11.1 Å². The highest BCUT2D eigenvalue weighted by atomic mass is 14.2. The quantitative estimate of drug-likeness (QED) is 0.627. The first-order chi connectivity index (χ1) is 8.46. The zero-order chi connectivity index (χ0) is 13.2. The molecule has 0 saturated heterocycles. The van der Waals surface area contributed by atoms with Gasteiger partial charge in [0.05, 0.1) is 0 Å². The fraction of sp³-hybridized carbons (Fsp3) is 0.368. The van der Waals surface area contributed by atoms with Crippen molar-refractivity contribution in [1.82, 2.24) is 0 Å². The van der Waals surface area contributed by atoms with Gasteiger partial charge in [-0.2, -0.15) is 0 Å². The first-order valence-electron chi connectivity index (χ1n) is 6.61. The molecule has 0 amide bonds. The highest BCUT2D eigenvalue weighted by Gasteiger charge is 2.14. The van der Waals surface area contributed by atoms with E-state index in [9.17, 15) is 0 Å². The number of benzene rings is 2. The third-order valence-corrected chi connectivity index (χ3v) is 3.10. The summed E-state index contributed by atoms with van der Waals surface area (Å²) in [7, 11) is 0. The SMILES string of the molecule is C.Cc1ccc(-c2ccccc2CC(C)(C)C)cc1. The van der Waals surface area contributed by atoms with Crippen molar-refractivity contribution in [1.29, 1.82) is 0 Å². The summed E-state index contributed by atoms with van der Waals surface area (Å²) in [6, 6.07) is 17.5. The van der Waals surface area contributed by atoms with Gasteiger partial charge in [0.15, 0.2) is 0 Å². The summed E-state index contributed by atoms with van der Waals surface area (Å²) in [6.07, 6.45) is 1.11. The number of rotatable bonds is 2. The van der Waals surface area contributed by atoms with E-state index in [0.29, 0.717) is 5.41 Å². The maximum atomic E-state index is 2.29. The molecule has 0 saturated carbocycles. The summed E-state index contributed by atoms with van der Waals surface area (Å²) in [6.45, 7) is 9.00. The van der Waals surface area contributed by atoms with E-state index >= 15 is 0 Å². The van der Waals surface area contributed by atoms with Crippen LogP contribution in [0.3, 0.4) is 0 Å². The molecular formula is C19H26. The molecule has 0 unspecified atom stereocenters. The molecule has 0 aliphatic rings. The van der Waals surface area contributed by atoms with Crippen molar-refractivity contribution < 1.29 is 0 Å². The van der Waals surface area contributed by atoms with Crippen molar-refractivity contribution in [3.05, 3.63) is 59.7 Å². The smallest absolute Gasteiger partial charge is 0.0152 e. The van der Waals surface area contributed by atoms with Gasteiger partial charge in [-0.25, -0.2) is 0 Å². The minimum atomic E-state index is 0. The average Bonchev–Trinajstić information content (AvgIpc) is 2.29. The third kappa shape index (κ3) is 4.24. The minimum Gasteiger partial charge on any atom is -0.0776 e. The summed E-state index contributed by atoms with van der Waals surface area (Å²) < 4.78 is 0. The maximum Gasteiger partial charge on any atom is -0.0152 e. The molecule has 2 aromatic rings. The van der Waals surface area contributed by atoms with Crippen LogP contribution in [0.1, 0.15) is 39.3 Å². The first-order valence-corrected chi connectivity index (χ1v) is 6.61. The molecule has 102 valence electrons. The fourth-order valence-corrected chi connectivity index (χ4v) is 2.26. The number of hydrogen-bond acceptors (Lipinski definition) is 0. The van der Waals surface area contributed by atoms with Crippen molar-refractivity contribution in [2.75, 3.05) is 0 Å². The fourth-order valence-electron chi connectivity index (χ4n) is 2.26. The highest BCUT2D eigenvalue weighted by molar-refractivity contribution is 5.67. The van der Waals surface area contributed by atoms with Crippen molar-refractivity contribution in [3.8, 4) is 11.1 Å². The molecule has 0 heteroatoms. The third-order valence-electron chi connectivity index (χ3n) is 3.10. The number of aryl methyl sites for hydroxylation is 1. The van der Waals surface area contributed by atoms with E-state index in [1.165, 1.54) is 22.3 Å². The Labute approximate surface area is 118 Å². The van der Waals surface area contributed by atoms with Crippen molar-refractivity contribution in [2.45, 2.75) is 41.5 Å². The standard InChI is InChI=1S/C18H22.CH4/c1-14-9-11-15(12-10-14)17-8-6-5-7-16(17)13-18(2,3)4;/h5-12H,13H2,1-4H3;1H4. The second-order valence-corrected chi connectivity index (χ2v) is 6.26. The summed E-state index contributed by atoms with van der Waals surface area (Å²) in [5.41, 5.74) is 5.76. The summed E-state index contributed by atoms with van der Waals surface area (Å²) in [4.78, 5) is 0. The summed E-state index contributed by atoms with van der Waals surface area (Å²) in [5.74, 6) is 0. The lowest BCUT2D eigenvalue weighted by atomic mass is 9.85. The molecule has 0 N–H and O–H groups in total. The molecule has 0 atom stereocenters. The van der Waals surface area contributed by atoms with E-state index in [4.69, 9.17) is 0 Å². The van der Waals surface area contributed by atoms with Gasteiger partial charge in [0.25, 0.3) is 0 Å². The van der Waals surface area contributed by atoms with Crippen molar-refractivity contribution in [3.63, 3.8) is 0 Å². The van der Waals surface area contributed by atoms with Gasteiger partial charge in [0.2, 0.25) is 0 Å². The van der Waals surface area contributed by atoms with Gasteiger partial charge in [-0.1, -0.05) is 82.3 Å². The predicted octanol–water partition coefficient (Wildman–Crippen LogP) is 5.89. The van der Waals surface area contributed by atoms with Crippen LogP contribution in [0.4, 0.5) is 0 Å². The van der Waals surface area contributed by atoms with Crippen molar-refractivity contribution >= 4 is 0 Å². The van der Waals surface area contributed by atoms with E-state index in [0.717, 1.165) is 6.42 Å². The molecular weight excluding hydrogens is 228 g/mol. The largest absolute Gasteiger partial charge is 0.0776 e. The summed E-state index contributed by atoms with van der Waals surface area (Å²) in [5, 5.41) is 0. The monoisotopic (exact) mass is 254 g/mol. The molecule has 0 radical (unpaired) electrons. The van der Waals surface area contributed by atoms with Gasteiger partial charge >= 0.3 is 0 Å². The van der Waals surface area contributed by atoms with E-state index in [1.807, 2.05) is 0 Å². The Kier molecular flexibility index (Phi) is 4.94. The van der Waals surface area contributed by atoms with Crippen LogP contribution in [0.15, 0.2) is 48.5 Å². The van der Waals surface area contributed by atoms with Crippen LogP contribution in [0, 0.1) is 12.3 Å². The van der Waals surface area contributed by atoms with Crippen LogP contribution in [0.5, 0.6) is 0 Å².